The van der Waals surface area contributed by atoms with Crippen LogP contribution >= 0.6 is 23.8 Å². The van der Waals surface area contributed by atoms with Gasteiger partial charge in [-0.2, -0.15) is 13.2 Å². The first kappa shape index (κ1) is 23.1. The Kier molecular flexibility index (Phi) is 7.27. The fourth-order valence-electron chi connectivity index (χ4n) is 3.36. The van der Waals surface area contributed by atoms with Gasteiger partial charge in [-0.25, -0.2) is 0 Å². The minimum atomic E-state index is -4.50. The number of nitrogens with zero attached hydrogens (tertiary/aromatic N) is 1. The molecule has 3 rings (SSSR count). The molecule has 1 aliphatic rings. The normalized spacial score (nSPS) is 14.2. The van der Waals surface area contributed by atoms with Crippen molar-refractivity contribution in [2.24, 2.45) is 0 Å². The van der Waals surface area contributed by atoms with Gasteiger partial charge in [0.1, 0.15) is 5.75 Å². The first-order valence-corrected chi connectivity index (χ1v) is 10.4. The van der Waals surface area contributed by atoms with Crippen molar-refractivity contribution in [2.45, 2.75) is 25.4 Å². The van der Waals surface area contributed by atoms with E-state index >= 15 is 0 Å². The lowest BCUT2D eigenvalue weighted by molar-refractivity contribution is -0.137. The standard InChI is InChI=1S/C21H21ClF3N3O2S/c1-30-18-8-5-13(11-15(18)22)19(29)27-20(31)26-16-12-14(21(23,24)25)6-7-17(16)28-9-3-2-4-10-28/h5-8,11-12H,2-4,9-10H2,1H3,(H2,26,27,29,31). The lowest BCUT2D eigenvalue weighted by Crippen LogP contribution is -2.35. The summed E-state index contributed by atoms with van der Waals surface area (Å²) in [5.74, 6) is -0.136. The van der Waals surface area contributed by atoms with E-state index < -0.39 is 17.6 Å². The van der Waals surface area contributed by atoms with Gasteiger partial charge >= 0.3 is 6.18 Å². The first-order chi connectivity index (χ1) is 14.7. The number of anilines is 2. The van der Waals surface area contributed by atoms with Crippen LogP contribution in [0.25, 0.3) is 0 Å². The van der Waals surface area contributed by atoms with Gasteiger partial charge in [-0.05, 0) is 67.9 Å². The molecule has 10 heteroatoms. The molecule has 31 heavy (non-hydrogen) atoms. The molecule has 2 aromatic carbocycles. The number of carbonyl (C=O) groups is 1. The summed E-state index contributed by atoms with van der Waals surface area (Å²) in [6.07, 6.45) is -1.50. The zero-order valence-electron chi connectivity index (χ0n) is 16.7. The van der Waals surface area contributed by atoms with Crippen molar-refractivity contribution in [3.05, 3.63) is 52.5 Å². The van der Waals surface area contributed by atoms with Crippen LogP contribution in [0, 0.1) is 0 Å². The first-order valence-electron chi connectivity index (χ1n) is 9.61. The Hall–Kier alpha value is -2.52. The van der Waals surface area contributed by atoms with Crippen molar-refractivity contribution < 1.29 is 22.7 Å². The van der Waals surface area contributed by atoms with Crippen LogP contribution in [0.2, 0.25) is 5.02 Å². The lowest BCUT2D eigenvalue weighted by Gasteiger charge is -2.31. The van der Waals surface area contributed by atoms with Gasteiger partial charge in [0.05, 0.1) is 29.1 Å². The number of amides is 1. The summed E-state index contributed by atoms with van der Waals surface area (Å²) in [5.41, 5.74) is 0.230. The minimum Gasteiger partial charge on any atom is -0.495 e. The van der Waals surface area contributed by atoms with Crippen LogP contribution in [0.1, 0.15) is 35.2 Å². The quantitative estimate of drug-likeness (QED) is 0.578. The predicted molar refractivity (Wildman–Crippen MR) is 119 cm³/mol. The van der Waals surface area contributed by atoms with E-state index in [1.54, 1.807) is 0 Å². The van der Waals surface area contributed by atoms with E-state index in [1.165, 1.54) is 31.4 Å². The molecule has 1 heterocycles. The molecule has 166 valence electrons. The van der Waals surface area contributed by atoms with E-state index in [1.807, 2.05) is 4.90 Å². The molecular formula is C21H21ClF3N3O2S. The van der Waals surface area contributed by atoms with Crippen LogP contribution in [0.15, 0.2) is 36.4 Å². The van der Waals surface area contributed by atoms with E-state index in [9.17, 15) is 18.0 Å². The molecule has 0 aromatic heterocycles. The summed E-state index contributed by atoms with van der Waals surface area (Å²) < 4.78 is 44.8. The summed E-state index contributed by atoms with van der Waals surface area (Å²) in [4.78, 5) is 14.5. The van der Waals surface area contributed by atoms with E-state index in [4.69, 9.17) is 28.6 Å². The highest BCUT2D eigenvalue weighted by atomic mass is 35.5. The number of methoxy groups -OCH3 is 1. The van der Waals surface area contributed by atoms with Gasteiger partial charge in [-0.3, -0.25) is 10.1 Å². The Morgan fingerprint density at radius 3 is 2.45 bits per heavy atom. The highest BCUT2D eigenvalue weighted by Gasteiger charge is 2.31. The van der Waals surface area contributed by atoms with Crippen LogP contribution in [0.4, 0.5) is 24.5 Å². The third kappa shape index (κ3) is 5.80. The largest absolute Gasteiger partial charge is 0.495 e. The van der Waals surface area contributed by atoms with Gasteiger partial charge < -0.3 is 15.0 Å². The molecule has 1 saturated heterocycles. The molecule has 0 radical (unpaired) electrons. The van der Waals surface area contributed by atoms with Crippen LogP contribution in [-0.2, 0) is 6.18 Å². The number of hydrogen-bond donors (Lipinski definition) is 2. The fraction of sp³-hybridized carbons (Fsp3) is 0.333. The van der Waals surface area contributed by atoms with Gasteiger partial charge in [0.25, 0.3) is 5.91 Å². The molecule has 0 bridgehead atoms. The Morgan fingerprint density at radius 1 is 1.13 bits per heavy atom. The van der Waals surface area contributed by atoms with Crippen LogP contribution in [-0.4, -0.2) is 31.2 Å². The zero-order chi connectivity index (χ0) is 22.6. The average molecular weight is 472 g/mol. The molecule has 0 atom stereocenters. The van der Waals surface area contributed by atoms with Crippen LogP contribution in [0.3, 0.4) is 0 Å². The smallest absolute Gasteiger partial charge is 0.416 e. The van der Waals surface area contributed by atoms with Crippen molar-refractivity contribution in [3.8, 4) is 5.75 Å². The fourth-order valence-corrected chi connectivity index (χ4v) is 3.82. The topological polar surface area (TPSA) is 53.6 Å². The number of rotatable bonds is 4. The highest BCUT2D eigenvalue weighted by molar-refractivity contribution is 7.80. The SMILES string of the molecule is COc1ccc(C(=O)NC(=S)Nc2cc(C(F)(F)F)ccc2N2CCCCC2)cc1Cl. The zero-order valence-corrected chi connectivity index (χ0v) is 18.3. The molecule has 2 N–H and O–H groups in total. The number of piperidine rings is 1. The number of halogens is 4. The molecule has 0 aliphatic carbocycles. The van der Waals surface area contributed by atoms with Crippen molar-refractivity contribution in [2.75, 3.05) is 30.4 Å². The lowest BCUT2D eigenvalue weighted by atomic mass is 10.1. The molecule has 1 aliphatic heterocycles. The Labute approximate surface area is 188 Å². The molecule has 0 unspecified atom stereocenters. The molecule has 1 fully saturated rings. The van der Waals surface area contributed by atoms with Crippen molar-refractivity contribution in [1.29, 1.82) is 0 Å². The second kappa shape index (κ2) is 9.74. The summed E-state index contributed by atoms with van der Waals surface area (Å²) in [6, 6.07) is 7.95. The average Bonchev–Trinajstić information content (AvgIpc) is 2.73. The van der Waals surface area contributed by atoms with Crippen molar-refractivity contribution >= 4 is 46.2 Å². The molecule has 0 spiro atoms. The number of thiocarbonyl (C=S) groups is 1. The Morgan fingerprint density at radius 2 is 1.84 bits per heavy atom. The van der Waals surface area contributed by atoms with E-state index in [-0.39, 0.29) is 21.4 Å². The van der Waals surface area contributed by atoms with E-state index in [0.29, 0.717) is 11.4 Å². The van der Waals surface area contributed by atoms with Crippen LogP contribution < -0.4 is 20.3 Å². The second-order valence-corrected chi connectivity index (χ2v) is 7.85. The van der Waals surface area contributed by atoms with Gasteiger partial charge in [-0.1, -0.05) is 11.6 Å². The third-order valence-corrected chi connectivity index (χ3v) is 5.41. The maximum absolute atomic E-state index is 13.2. The number of ether oxygens (including phenoxy) is 1. The number of alkyl halides is 3. The summed E-state index contributed by atoms with van der Waals surface area (Å²) in [7, 11) is 1.45. The van der Waals surface area contributed by atoms with E-state index in [2.05, 4.69) is 10.6 Å². The van der Waals surface area contributed by atoms with Crippen LogP contribution in [0.5, 0.6) is 5.75 Å². The molecule has 0 saturated carbocycles. The Bertz CT molecular complexity index is 979. The van der Waals surface area contributed by atoms with Gasteiger partial charge in [0.2, 0.25) is 0 Å². The summed E-state index contributed by atoms with van der Waals surface area (Å²) >= 11 is 11.2. The number of hydrogen-bond acceptors (Lipinski definition) is 4. The van der Waals surface area contributed by atoms with E-state index in [0.717, 1.165) is 44.5 Å². The summed E-state index contributed by atoms with van der Waals surface area (Å²) in [6.45, 7) is 1.48. The number of carbonyl (C=O) groups excluding carboxylic acids is 1. The third-order valence-electron chi connectivity index (χ3n) is 4.91. The summed E-state index contributed by atoms with van der Waals surface area (Å²) in [5, 5.41) is 5.37. The molecule has 2 aromatic rings. The molecular weight excluding hydrogens is 451 g/mol. The molecule has 5 nitrogen and oxygen atoms in total. The second-order valence-electron chi connectivity index (χ2n) is 7.03. The van der Waals surface area contributed by atoms with Gasteiger partial charge in [-0.15, -0.1) is 0 Å². The Balaban J connectivity index is 1.80. The predicted octanol–water partition coefficient (Wildman–Crippen LogP) is 5.48. The maximum atomic E-state index is 13.2. The number of benzene rings is 2. The van der Waals surface area contributed by atoms with Gasteiger partial charge in [0.15, 0.2) is 5.11 Å². The van der Waals surface area contributed by atoms with Crippen molar-refractivity contribution in [3.63, 3.8) is 0 Å². The minimum absolute atomic E-state index is 0.116. The maximum Gasteiger partial charge on any atom is 0.416 e. The highest BCUT2D eigenvalue weighted by Crippen LogP contribution is 2.36. The van der Waals surface area contributed by atoms with Gasteiger partial charge in [0, 0.05) is 18.7 Å². The molecule has 1 amide bonds. The van der Waals surface area contributed by atoms with Crippen molar-refractivity contribution in [1.82, 2.24) is 5.32 Å². The number of nitrogens with one attached hydrogen (secondary N) is 2. The monoisotopic (exact) mass is 471 g/mol.